The lowest BCUT2D eigenvalue weighted by Gasteiger charge is -2.10. The largest absolute Gasteiger partial charge is 0.494 e. The summed E-state index contributed by atoms with van der Waals surface area (Å²) in [6.45, 7) is 1.21. The Balaban J connectivity index is 2.46. The van der Waals surface area contributed by atoms with Crippen molar-refractivity contribution in [2.75, 3.05) is 12.4 Å². The lowest BCUT2D eigenvalue weighted by Crippen LogP contribution is -2.14. The molecule has 2 aromatic rings. The van der Waals surface area contributed by atoms with E-state index < -0.39 is 32.1 Å². The molecule has 1 N–H and O–H groups in total. The quantitative estimate of drug-likeness (QED) is 0.592. The number of amides is 1. The van der Waals surface area contributed by atoms with Gasteiger partial charge >= 0.3 is 0 Å². The molecule has 0 aliphatic carbocycles. The molecule has 2 aromatic carbocycles. The summed E-state index contributed by atoms with van der Waals surface area (Å²) in [5.74, 6) is -0.901. The van der Waals surface area contributed by atoms with E-state index in [-0.39, 0.29) is 28.3 Å². The van der Waals surface area contributed by atoms with Crippen molar-refractivity contribution in [1.29, 1.82) is 0 Å². The van der Waals surface area contributed by atoms with Crippen LogP contribution in [0.15, 0.2) is 30.3 Å². The Hall–Kier alpha value is -4.09. The fourth-order valence-electron chi connectivity index (χ4n) is 2.29. The van der Waals surface area contributed by atoms with Gasteiger partial charge in [0.25, 0.3) is 23.0 Å². The van der Waals surface area contributed by atoms with Crippen molar-refractivity contribution in [3.8, 4) is 5.75 Å². The van der Waals surface area contributed by atoms with Crippen LogP contribution in [0.3, 0.4) is 0 Å². The first-order chi connectivity index (χ1) is 12.6. The molecule has 0 saturated carbocycles. The lowest BCUT2D eigenvalue weighted by atomic mass is 10.1. The summed E-state index contributed by atoms with van der Waals surface area (Å²) in [6, 6.07) is 5.24. The zero-order valence-electron chi connectivity index (χ0n) is 14.0. The van der Waals surface area contributed by atoms with Crippen molar-refractivity contribution < 1.29 is 24.3 Å². The van der Waals surface area contributed by atoms with Gasteiger partial charge in [-0.05, 0) is 13.0 Å². The number of rotatable bonds is 6. The highest BCUT2D eigenvalue weighted by atomic mass is 16.6. The molecule has 0 fully saturated rings. The second-order valence-electron chi connectivity index (χ2n) is 5.25. The van der Waals surface area contributed by atoms with Gasteiger partial charge in [0.05, 0.1) is 39.2 Å². The number of nitrogens with one attached hydrogen (secondary N) is 1. The van der Waals surface area contributed by atoms with Crippen LogP contribution in [0.4, 0.5) is 22.7 Å². The molecule has 0 heterocycles. The van der Waals surface area contributed by atoms with Gasteiger partial charge in [-0.2, -0.15) is 0 Å². The number of carbonyl (C=O) groups is 1. The molecule has 12 heteroatoms. The maximum atomic E-state index is 12.4. The van der Waals surface area contributed by atoms with Crippen molar-refractivity contribution in [2.24, 2.45) is 0 Å². The second-order valence-corrected chi connectivity index (χ2v) is 5.25. The molecule has 0 bridgehead atoms. The highest BCUT2D eigenvalue weighted by Crippen LogP contribution is 2.32. The van der Waals surface area contributed by atoms with Crippen LogP contribution < -0.4 is 10.1 Å². The van der Waals surface area contributed by atoms with Crippen molar-refractivity contribution in [3.63, 3.8) is 0 Å². The topological polar surface area (TPSA) is 168 Å². The first kappa shape index (κ1) is 19.2. The van der Waals surface area contributed by atoms with E-state index in [1.54, 1.807) is 0 Å². The predicted octanol–water partition coefficient (Wildman–Crippen LogP) is 2.98. The molecule has 0 spiro atoms. The molecule has 12 nitrogen and oxygen atoms in total. The molecular weight excluding hydrogens is 364 g/mol. The number of ether oxygens (including phenoxy) is 1. The predicted molar refractivity (Wildman–Crippen MR) is 92.1 cm³/mol. The van der Waals surface area contributed by atoms with E-state index in [1.807, 2.05) is 0 Å². The first-order valence-corrected chi connectivity index (χ1v) is 7.23. The minimum Gasteiger partial charge on any atom is -0.494 e. The van der Waals surface area contributed by atoms with Gasteiger partial charge in [0.2, 0.25) is 0 Å². The molecule has 0 aliphatic heterocycles. The average Bonchev–Trinajstić information content (AvgIpc) is 2.61. The van der Waals surface area contributed by atoms with Gasteiger partial charge in [-0.25, -0.2) is 0 Å². The van der Waals surface area contributed by atoms with E-state index in [2.05, 4.69) is 5.32 Å². The SMILES string of the molecule is COc1cc([N+](=O)[O-])ccc1NC(=O)c1cc([N+](=O)[O-])c(C)c([N+](=O)[O-])c1. The Morgan fingerprint density at radius 3 is 1.96 bits per heavy atom. The fourth-order valence-corrected chi connectivity index (χ4v) is 2.29. The van der Waals surface area contributed by atoms with Gasteiger partial charge in [0.15, 0.2) is 0 Å². The Morgan fingerprint density at radius 1 is 0.963 bits per heavy atom. The molecule has 140 valence electrons. The minimum absolute atomic E-state index is 0.0198. The maximum Gasteiger partial charge on any atom is 0.279 e. The first-order valence-electron chi connectivity index (χ1n) is 7.23. The van der Waals surface area contributed by atoms with Crippen molar-refractivity contribution in [2.45, 2.75) is 6.92 Å². The number of non-ortho nitro benzene ring substituents is 1. The molecular formula is C15H12N4O8. The Labute approximate surface area is 150 Å². The highest BCUT2D eigenvalue weighted by Gasteiger charge is 2.26. The summed E-state index contributed by atoms with van der Waals surface area (Å²) in [5.41, 5.74) is -1.88. The molecule has 0 radical (unpaired) electrons. The summed E-state index contributed by atoms with van der Waals surface area (Å²) in [7, 11) is 1.23. The number of hydrogen-bond donors (Lipinski definition) is 1. The van der Waals surface area contributed by atoms with Crippen LogP contribution in [0.2, 0.25) is 0 Å². The third kappa shape index (κ3) is 3.95. The van der Waals surface area contributed by atoms with Gasteiger partial charge < -0.3 is 10.1 Å². The van der Waals surface area contributed by atoms with E-state index in [1.165, 1.54) is 20.1 Å². The monoisotopic (exact) mass is 376 g/mol. The Bertz CT molecular complexity index is 937. The van der Waals surface area contributed by atoms with Gasteiger partial charge in [0, 0.05) is 18.2 Å². The van der Waals surface area contributed by atoms with Crippen LogP contribution >= 0.6 is 0 Å². The molecule has 0 atom stereocenters. The van der Waals surface area contributed by atoms with Crippen molar-refractivity contribution in [1.82, 2.24) is 0 Å². The van der Waals surface area contributed by atoms with E-state index in [0.29, 0.717) is 0 Å². The van der Waals surface area contributed by atoms with Crippen molar-refractivity contribution in [3.05, 3.63) is 71.8 Å². The fraction of sp³-hybridized carbons (Fsp3) is 0.133. The third-order valence-corrected chi connectivity index (χ3v) is 3.65. The van der Waals surface area contributed by atoms with Crippen LogP contribution in [-0.4, -0.2) is 27.8 Å². The molecule has 0 saturated heterocycles. The number of anilines is 1. The lowest BCUT2D eigenvalue weighted by molar-refractivity contribution is -0.395. The van der Waals surface area contributed by atoms with Gasteiger partial charge in [-0.1, -0.05) is 0 Å². The molecule has 0 aliphatic rings. The zero-order chi connectivity index (χ0) is 20.3. The third-order valence-electron chi connectivity index (χ3n) is 3.65. The summed E-state index contributed by atoms with van der Waals surface area (Å²) in [5, 5.41) is 35.4. The van der Waals surface area contributed by atoms with Crippen LogP contribution in [-0.2, 0) is 0 Å². The van der Waals surface area contributed by atoms with Gasteiger partial charge in [0.1, 0.15) is 11.3 Å². The van der Waals surface area contributed by atoms with Crippen LogP contribution in [0.1, 0.15) is 15.9 Å². The van der Waals surface area contributed by atoms with Crippen LogP contribution in [0.5, 0.6) is 5.75 Å². The molecule has 2 rings (SSSR count). The average molecular weight is 376 g/mol. The summed E-state index contributed by atoms with van der Waals surface area (Å²) < 4.78 is 4.98. The van der Waals surface area contributed by atoms with Crippen molar-refractivity contribution >= 4 is 28.7 Å². The number of benzene rings is 2. The van der Waals surface area contributed by atoms with E-state index in [9.17, 15) is 35.1 Å². The van der Waals surface area contributed by atoms with Gasteiger partial charge in [-0.15, -0.1) is 0 Å². The summed E-state index contributed by atoms with van der Waals surface area (Å²) >= 11 is 0. The summed E-state index contributed by atoms with van der Waals surface area (Å²) in [4.78, 5) is 43.1. The Morgan fingerprint density at radius 2 is 1.52 bits per heavy atom. The standard InChI is InChI=1S/C15H12N4O8/c1-8-12(18(23)24)5-9(6-13(8)19(25)26)15(20)16-11-4-3-10(17(21)22)7-14(11)27-2/h3-7H,1-2H3,(H,16,20). The summed E-state index contributed by atoms with van der Waals surface area (Å²) in [6.07, 6.45) is 0. The normalized spacial score (nSPS) is 10.1. The number of nitro benzene ring substituents is 3. The zero-order valence-corrected chi connectivity index (χ0v) is 14.0. The number of nitrogens with zero attached hydrogens (tertiary/aromatic N) is 3. The smallest absolute Gasteiger partial charge is 0.279 e. The Kier molecular flexibility index (Phi) is 5.29. The van der Waals surface area contributed by atoms with E-state index >= 15 is 0 Å². The number of hydrogen-bond acceptors (Lipinski definition) is 8. The maximum absolute atomic E-state index is 12.4. The molecule has 0 aromatic heterocycles. The van der Waals surface area contributed by atoms with E-state index in [4.69, 9.17) is 4.74 Å². The van der Waals surface area contributed by atoms with Gasteiger partial charge in [-0.3, -0.25) is 35.1 Å². The highest BCUT2D eigenvalue weighted by molar-refractivity contribution is 6.06. The number of methoxy groups -OCH3 is 1. The molecule has 27 heavy (non-hydrogen) atoms. The minimum atomic E-state index is -0.881. The van der Waals surface area contributed by atoms with Crippen LogP contribution in [0, 0.1) is 37.3 Å². The molecule has 0 unspecified atom stereocenters. The molecule has 1 amide bonds. The second kappa shape index (κ2) is 7.43. The number of nitro groups is 3. The van der Waals surface area contributed by atoms with Crippen LogP contribution in [0.25, 0.3) is 0 Å². The van der Waals surface area contributed by atoms with E-state index in [0.717, 1.165) is 24.3 Å². The number of carbonyl (C=O) groups excluding carboxylic acids is 1.